The molecule has 0 aliphatic carbocycles. The molecule has 0 unspecified atom stereocenters. The monoisotopic (exact) mass is 245 g/mol. The molecule has 17 heavy (non-hydrogen) atoms. The predicted octanol–water partition coefficient (Wildman–Crippen LogP) is 4.03. The standard InChI is InChI=1S/C15H16ClN/c1-11-6-7-14(9-15(11)16)13-5-3-4-12(8-13)10-17-2/h3-9,17H,10H2,1-2H3. The molecule has 2 aromatic rings. The van der Waals surface area contributed by atoms with E-state index in [4.69, 9.17) is 11.6 Å². The van der Waals surface area contributed by atoms with Crippen LogP contribution in [0.2, 0.25) is 5.02 Å². The second-order valence-corrected chi connectivity index (χ2v) is 4.60. The topological polar surface area (TPSA) is 12.0 Å². The largest absolute Gasteiger partial charge is 0.316 e. The molecule has 0 saturated heterocycles. The molecular weight excluding hydrogens is 230 g/mol. The van der Waals surface area contributed by atoms with Gasteiger partial charge >= 0.3 is 0 Å². The summed E-state index contributed by atoms with van der Waals surface area (Å²) in [5.74, 6) is 0. The van der Waals surface area contributed by atoms with E-state index in [1.54, 1.807) is 0 Å². The zero-order valence-electron chi connectivity index (χ0n) is 10.1. The van der Waals surface area contributed by atoms with Crippen molar-refractivity contribution in [3.63, 3.8) is 0 Å². The quantitative estimate of drug-likeness (QED) is 0.861. The first-order valence-corrected chi connectivity index (χ1v) is 6.08. The van der Waals surface area contributed by atoms with E-state index in [1.165, 1.54) is 16.7 Å². The summed E-state index contributed by atoms with van der Waals surface area (Å²) in [4.78, 5) is 0. The van der Waals surface area contributed by atoms with E-state index in [0.717, 1.165) is 17.1 Å². The van der Waals surface area contributed by atoms with Crippen LogP contribution in [-0.4, -0.2) is 7.05 Å². The Kier molecular flexibility index (Phi) is 3.82. The fourth-order valence-corrected chi connectivity index (χ4v) is 2.02. The Labute approximate surface area is 107 Å². The van der Waals surface area contributed by atoms with Gasteiger partial charge < -0.3 is 5.32 Å². The van der Waals surface area contributed by atoms with Crippen LogP contribution in [0.25, 0.3) is 11.1 Å². The summed E-state index contributed by atoms with van der Waals surface area (Å²) in [6.45, 7) is 2.90. The van der Waals surface area contributed by atoms with Gasteiger partial charge in [-0.05, 0) is 48.4 Å². The van der Waals surface area contributed by atoms with Crippen LogP contribution in [0.3, 0.4) is 0 Å². The summed E-state index contributed by atoms with van der Waals surface area (Å²) in [5.41, 5.74) is 4.77. The minimum absolute atomic E-state index is 0.821. The van der Waals surface area contributed by atoms with Gasteiger partial charge in [-0.25, -0.2) is 0 Å². The second kappa shape index (κ2) is 5.35. The Hall–Kier alpha value is -1.31. The van der Waals surface area contributed by atoms with Gasteiger partial charge in [-0.1, -0.05) is 41.9 Å². The van der Waals surface area contributed by atoms with E-state index in [9.17, 15) is 0 Å². The summed E-state index contributed by atoms with van der Waals surface area (Å²) in [7, 11) is 1.95. The van der Waals surface area contributed by atoms with Gasteiger partial charge in [-0.3, -0.25) is 0 Å². The van der Waals surface area contributed by atoms with Gasteiger partial charge in [0.2, 0.25) is 0 Å². The number of benzene rings is 2. The molecule has 1 N–H and O–H groups in total. The van der Waals surface area contributed by atoms with Gasteiger partial charge in [-0.15, -0.1) is 0 Å². The van der Waals surface area contributed by atoms with Crippen molar-refractivity contribution in [1.29, 1.82) is 0 Å². The summed E-state index contributed by atoms with van der Waals surface area (Å²) in [5, 5.41) is 3.98. The van der Waals surface area contributed by atoms with Crippen molar-refractivity contribution >= 4 is 11.6 Å². The highest BCUT2D eigenvalue weighted by Crippen LogP contribution is 2.25. The van der Waals surface area contributed by atoms with Crippen LogP contribution in [0.4, 0.5) is 0 Å². The summed E-state index contributed by atoms with van der Waals surface area (Å²) in [6, 6.07) is 14.7. The van der Waals surface area contributed by atoms with E-state index < -0.39 is 0 Å². The maximum Gasteiger partial charge on any atom is 0.0441 e. The van der Waals surface area contributed by atoms with Crippen LogP contribution < -0.4 is 5.32 Å². The zero-order valence-corrected chi connectivity index (χ0v) is 10.9. The van der Waals surface area contributed by atoms with Crippen LogP contribution in [0.15, 0.2) is 42.5 Å². The van der Waals surface area contributed by atoms with Crippen molar-refractivity contribution in [2.45, 2.75) is 13.5 Å². The van der Waals surface area contributed by atoms with Crippen molar-refractivity contribution in [2.24, 2.45) is 0 Å². The van der Waals surface area contributed by atoms with Crippen molar-refractivity contribution in [3.05, 3.63) is 58.6 Å². The van der Waals surface area contributed by atoms with Crippen LogP contribution in [0.5, 0.6) is 0 Å². The Bertz CT molecular complexity index is 520. The molecule has 0 aliphatic rings. The number of nitrogens with one attached hydrogen (secondary N) is 1. The molecule has 0 spiro atoms. The van der Waals surface area contributed by atoms with E-state index in [1.807, 2.05) is 20.0 Å². The third-order valence-electron chi connectivity index (χ3n) is 2.81. The minimum Gasteiger partial charge on any atom is -0.316 e. The molecule has 0 aliphatic heterocycles. The second-order valence-electron chi connectivity index (χ2n) is 4.19. The molecule has 0 aromatic heterocycles. The molecule has 1 nitrogen and oxygen atoms in total. The fraction of sp³-hybridized carbons (Fsp3) is 0.200. The van der Waals surface area contributed by atoms with Gasteiger partial charge in [0.05, 0.1) is 0 Å². The van der Waals surface area contributed by atoms with Crippen LogP contribution >= 0.6 is 11.6 Å². The molecule has 0 amide bonds. The van der Waals surface area contributed by atoms with Gasteiger partial charge in [0.25, 0.3) is 0 Å². The summed E-state index contributed by atoms with van der Waals surface area (Å²) < 4.78 is 0. The first-order chi connectivity index (χ1) is 8.20. The van der Waals surface area contributed by atoms with Gasteiger partial charge in [0, 0.05) is 11.6 Å². The fourth-order valence-electron chi connectivity index (χ4n) is 1.84. The molecule has 2 aromatic carbocycles. The molecule has 88 valence electrons. The predicted molar refractivity (Wildman–Crippen MR) is 74.4 cm³/mol. The van der Waals surface area contributed by atoms with E-state index >= 15 is 0 Å². The average molecular weight is 246 g/mol. The van der Waals surface area contributed by atoms with Gasteiger partial charge in [-0.2, -0.15) is 0 Å². The highest BCUT2D eigenvalue weighted by molar-refractivity contribution is 6.31. The summed E-state index contributed by atoms with van der Waals surface area (Å²) in [6.07, 6.45) is 0. The number of rotatable bonds is 3. The number of hydrogen-bond donors (Lipinski definition) is 1. The highest BCUT2D eigenvalue weighted by atomic mass is 35.5. The average Bonchev–Trinajstić information content (AvgIpc) is 2.33. The van der Waals surface area contributed by atoms with Crippen LogP contribution in [0, 0.1) is 6.92 Å². The van der Waals surface area contributed by atoms with Crippen molar-refractivity contribution in [3.8, 4) is 11.1 Å². The maximum absolute atomic E-state index is 6.15. The lowest BCUT2D eigenvalue weighted by molar-refractivity contribution is 0.818. The molecule has 2 heteroatoms. The molecule has 0 radical (unpaired) electrons. The summed E-state index contributed by atoms with van der Waals surface area (Å²) >= 11 is 6.15. The van der Waals surface area contributed by atoms with Crippen molar-refractivity contribution in [2.75, 3.05) is 7.05 Å². The third-order valence-corrected chi connectivity index (χ3v) is 3.22. The Morgan fingerprint density at radius 3 is 2.53 bits per heavy atom. The Balaban J connectivity index is 2.38. The molecule has 0 fully saturated rings. The Morgan fingerprint density at radius 2 is 1.82 bits per heavy atom. The molecule has 2 rings (SSSR count). The third kappa shape index (κ3) is 2.87. The maximum atomic E-state index is 6.15. The van der Waals surface area contributed by atoms with Crippen molar-refractivity contribution < 1.29 is 0 Å². The molecule has 0 saturated carbocycles. The lowest BCUT2D eigenvalue weighted by Crippen LogP contribution is -2.04. The molecule has 0 atom stereocenters. The Morgan fingerprint density at radius 1 is 1.06 bits per heavy atom. The van der Waals surface area contributed by atoms with Crippen molar-refractivity contribution in [1.82, 2.24) is 5.32 Å². The lowest BCUT2D eigenvalue weighted by Gasteiger charge is -2.07. The van der Waals surface area contributed by atoms with Gasteiger partial charge in [0.15, 0.2) is 0 Å². The SMILES string of the molecule is CNCc1cccc(-c2ccc(C)c(Cl)c2)c1. The van der Waals surface area contributed by atoms with Gasteiger partial charge in [0.1, 0.15) is 0 Å². The number of halogens is 1. The number of aryl methyl sites for hydroxylation is 1. The number of hydrogen-bond acceptors (Lipinski definition) is 1. The molecule has 0 heterocycles. The minimum atomic E-state index is 0.821. The first-order valence-electron chi connectivity index (χ1n) is 5.71. The normalized spacial score (nSPS) is 10.5. The first kappa shape index (κ1) is 12.2. The molecular formula is C15H16ClN. The molecule has 0 bridgehead atoms. The van der Waals surface area contributed by atoms with E-state index in [0.29, 0.717) is 0 Å². The lowest BCUT2D eigenvalue weighted by atomic mass is 10.0. The van der Waals surface area contributed by atoms with E-state index in [-0.39, 0.29) is 0 Å². The smallest absolute Gasteiger partial charge is 0.0441 e. The van der Waals surface area contributed by atoms with Crippen LogP contribution in [-0.2, 0) is 6.54 Å². The zero-order chi connectivity index (χ0) is 12.3. The van der Waals surface area contributed by atoms with Crippen LogP contribution in [0.1, 0.15) is 11.1 Å². The van der Waals surface area contributed by atoms with E-state index in [2.05, 4.69) is 41.7 Å². The highest BCUT2D eigenvalue weighted by Gasteiger charge is 2.01.